The molecule has 0 spiro atoms. The van der Waals surface area contributed by atoms with Gasteiger partial charge < -0.3 is 14.2 Å². The molecule has 0 atom stereocenters. The first-order valence-electron chi connectivity index (χ1n) is 11.0. The Labute approximate surface area is 198 Å². The quantitative estimate of drug-likeness (QED) is 0.298. The second-order valence-electron chi connectivity index (χ2n) is 7.98. The van der Waals surface area contributed by atoms with Crippen molar-refractivity contribution < 1.29 is 14.2 Å². The van der Waals surface area contributed by atoms with Gasteiger partial charge in [-0.05, 0) is 55.0 Å². The second kappa shape index (κ2) is 9.27. The zero-order valence-electron chi connectivity index (χ0n) is 19.4. The highest BCUT2D eigenvalue weighted by Gasteiger charge is 2.12. The third-order valence-corrected chi connectivity index (χ3v) is 5.68. The lowest BCUT2D eigenvalue weighted by atomic mass is 10.1. The fourth-order valence-corrected chi connectivity index (χ4v) is 4.01. The predicted molar refractivity (Wildman–Crippen MR) is 132 cm³/mol. The molecule has 0 aliphatic heterocycles. The molecule has 170 valence electrons. The van der Waals surface area contributed by atoms with Crippen LogP contribution in [0.3, 0.4) is 0 Å². The van der Waals surface area contributed by atoms with Crippen LogP contribution >= 0.6 is 0 Å². The topological polar surface area (TPSA) is 58.4 Å². The van der Waals surface area contributed by atoms with E-state index in [1.165, 1.54) is 5.56 Å². The molecule has 5 aromatic rings. The minimum atomic E-state index is 0.628. The van der Waals surface area contributed by atoms with Crippen molar-refractivity contribution in [2.75, 3.05) is 14.2 Å². The maximum Gasteiger partial charge on any atom is 0.162 e. The molecule has 0 N–H and O–H groups in total. The second-order valence-corrected chi connectivity index (χ2v) is 7.98. The van der Waals surface area contributed by atoms with Crippen molar-refractivity contribution in [3.05, 3.63) is 102 Å². The van der Waals surface area contributed by atoms with Crippen LogP contribution in [0.1, 0.15) is 17.0 Å². The van der Waals surface area contributed by atoms with Crippen LogP contribution in [0.4, 0.5) is 0 Å². The molecule has 0 fully saturated rings. The average molecular weight is 452 g/mol. The van der Waals surface area contributed by atoms with Gasteiger partial charge in [-0.2, -0.15) is 5.10 Å². The summed E-state index contributed by atoms with van der Waals surface area (Å²) in [5, 5.41) is 5.65. The number of rotatable bonds is 7. The number of hydrogen-bond donors (Lipinski definition) is 0. The maximum atomic E-state index is 6.20. The number of ether oxygens (including phenoxy) is 3. The fourth-order valence-electron chi connectivity index (χ4n) is 4.01. The molecule has 0 amide bonds. The van der Waals surface area contributed by atoms with Gasteiger partial charge in [0.05, 0.1) is 31.1 Å². The number of methoxy groups -OCH3 is 2. The van der Waals surface area contributed by atoms with Crippen molar-refractivity contribution in [1.82, 2.24) is 14.8 Å². The monoisotopic (exact) mass is 451 g/mol. The fraction of sp³-hybridized carbons (Fsp3) is 0.143. The lowest BCUT2D eigenvalue weighted by Crippen LogP contribution is -2.00. The van der Waals surface area contributed by atoms with Gasteiger partial charge in [0.15, 0.2) is 11.5 Å². The van der Waals surface area contributed by atoms with Crippen LogP contribution in [0.5, 0.6) is 23.0 Å². The average Bonchev–Trinajstić information content (AvgIpc) is 3.24. The molecular formula is C28H25N3O3. The van der Waals surface area contributed by atoms with Gasteiger partial charge in [0.25, 0.3) is 0 Å². The molecule has 34 heavy (non-hydrogen) atoms. The van der Waals surface area contributed by atoms with E-state index < -0.39 is 0 Å². The van der Waals surface area contributed by atoms with Crippen LogP contribution in [0.25, 0.3) is 16.6 Å². The van der Waals surface area contributed by atoms with Crippen LogP contribution in [0, 0.1) is 6.92 Å². The van der Waals surface area contributed by atoms with Crippen molar-refractivity contribution in [1.29, 1.82) is 0 Å². The van der Waals surface area contributed by atoms with E-state index >= 15 is 0 Å². The number of fused-ring (bicyclic) bond motifs is 1. The maximum absolute atomic E-state index is 6.20. The van der Waals surface area contributed by atoms with E-state index in [1.54, 1.807) is 20.4 Å². The van der Waals surface area contributed by atoms with E-state index in [0.717, 1.165) is 40.1 Å². The van der Waals surface area contributed by atoms with Crippen molar-refractivity contribution >= 4 is 10.9 Å². The Bertz CT molecular complexity index is 1430. The molecule has 0 unspecified atom stereocenters. The molecule has 3 aromatic carbocycles. The molecule has 2 heterocycles. The summed E-state index contributed by atoms with van der Waals surface area (Å²) in [6, 6.07) is 26.0. The first kappa shape index (κ1) is 21.5. The first-order valence-corrected chi connectivity index (χ1v) is 11.0. The molecule has 2 aromatic heterocycles. The summed E-state index contributed by atoms with van der Waals surface area (Å²) < 4.78 is 19.0. The van der Waals surface area contributed by atoms with Gasteiger partial charge in [-0.1, -0.05) is 30.3 Å². The van der Waals surface area contributed by atoms with Crippen LogP contribution in [-0.2, 0) is 6.42 Å². The van der Waals surface area contributed by atoms with E-state index in [0.29, 0.717) is 17.2 Å². The third-order valence-electron chi connectivity index (χ3n) is 5.68. The Hall–Kier alpha value is -4.32. The van der Waals surface area contributed by atoms with Crippen molar-refractivity contribution in [3.63, 3.8) is 0 Å². The summed E-state index contributed by atoms with van der Waals surface area (Å²) in [6.07, 6.45) is 2.53. The Morgan fingerprint density at radius 3 is 2.26 bits per heavy atom. The van der Waals surface area contributed by atoms with Crippen molar-refractivity contribution in [2.24, 2.45) is 0 Å². The molecule has 6 nitrogen and oxygen atoms in total. The highest BCUT2D eigenvalue weighted by Crippen LogP contribution is 2.37. The largest absolute Gasteiger partial charge is 0.493 e. The van der Waals surface area contributed by atoms with Gasteiger partial charge in [0.2, 0.25) is 0 Å². The number of aryl methyl sites for hydroxylation is 1. The van der Waals surface area contributed by atoms with Crippen LogP contribution in [0.2, 0.25) is 0 Å². The van der Waals surface area contributed by atoms with Crippen LogP contribution in [-0.4, -0.2) is 29.0 Å². The molecule has 0 radical (unpaired) electrons. The van der Waals surface area contributed by atoms with Crippen molar-refractivity contribution in [3.8, 4) is 28.7 Å². The molecule has 0 bridgehead atoms. The predicted octanol–water partition coefficient (Wildman–Crippen LogP) is 6.13. The van der Waals surface area contributed by atoms with Crippen LogP contribution in [0.15, 0.2) is 85.1 Å². The van der Waals surface area contributed by atoms with Crippen LogP contribution < -0.4 is 14.2 Å². The molecule has 6 heteroatoms. The summed E-state index contributed by atoms with van der Waals surface area (Å²) in [5.41, 5.74) is 5.12. The third kappa shape index (κ3) is 4.30. The van der Waals surface area contributed by atoms with E-state index in [2.05, 4.69) is 42.2 Å². The van der Waals surface area contributed by atoms with Gasteiger partial charge in [0.1, 0.15) is 11.5 Å². The lowest BCUT2D eigenvalue weighted by molar-refractivity contribution is 0.355. The lowest BCUT2D eigenvalue weighted by Gasteiger charge is -2.12. The van der Waals surface area contributed by atoms with Gasteiger partial charge in [0, 0.05) is 29.8 Å². The molecule has 0 aliphatic carbocycles. The summed E-state index contributed by atoms with van der Waals surface area (Å²) in [7, 11) is 3.22. The molecule has 0 saturated carbocycles. The SMILES string of the molecule is COc1cc2nccc(Oc3ccc(-n4nc(Cc5ccccc5)cc4C)cc3)c2cc1OC. The summed E-state index contributed by atoms with van der Waals surface area (Å²) in [6.45, 7) is 2.07. The zero-order valence-corrected chi connectivity index (χ0v) is 19.4. The standard InChI is InChI=1S/C28H25N3O3/c1-19-15-21(16-20-7-5-4-6-8-20)30-31(19)22-9-11-23(12-10-22)34-26-13-14-29-25-18-28(33-3)27(32-2)17-24(25)26/h4-15,17-18H,16H2,1-3H3. The number of nitrogens with zero attached hydrogens (tertiary/aromatic N) is 3. The summed E-state index contributed by atoms with van der Waals surface area (Å²) in [4.78, 5) is 4.44. The minimum absolute atomic E-state index is 0.628. The van der Waals surface area contributed by atoms with E-state index in [9.17, 15) is 0 Å². The molecule has 5 rings (SSSR count). The Morgan fingerprint density at radius 1 is 0.794 bits per heavy atom. The highest BCUT2D eigenvalue weighted by molar-refractivity contribution is 5.88. The van der Waals surface area contributed by atoms with Gasteiger partial charge in [-0.25, -0.2) is 4.68 Å². The number of aromatic nitrogens is 3. The number of benzene rings is 3. The summed E-state index contributed by atoms with van der Waals surface area (Å²) >= 11 is 0. The van der Waals surface area contributed by atoms with Gasteiger partial charge in [-0.15, -0.1) is 0 Å². The van der Waals surface area contributed by atoms with E-state index in [1.807, 2.05) is 53.2 Å². The highest BCUT2D eigenvalue weighted by atomic mass is 16.5. The molecule has 0 aliphatic rings. The van der Waals surface area contributed by atoms with Gasteiger partial charge in [-0.3, -0.25) is 4.98 Å². The number of pyridine rings is 1. The Kier molecular flexibility index (Phi) is 5.87. The minimum Gasteiger partial charge on any atom is -0.493 e. The Balaban J connectivity index is 1.39. The smallest absolute Gasteiger partial charge is 0.162 e. The van der Waals surface area contributed by atoms with E-state index in [4.69, 9.17) is 19.3 Å². The first-order chi connectivity index (χ1) is 16.6. The molecular weight excluding hydrogens is 426 g/mol. The number of hydrogen-bond acceptors (Lipinski definition) is 5. The zero-order chi connectivity index (χ0) is 23.5. The molecule has 0 saturated heterocycles. The van der Waals surface area contributed by atoms with Gasteiger partial charge >= 0.3 is 0 Å². The normalized spacial score (nSPS) is 10.9. The summed E-state index contributed by atoms with van der Waals surface area (Å²) in [5.74, 6) is 2.67. The Morgan fingerprint density at radius 2 is 1.53 bits per heavy atom. The van der Waals surface area contributed by atoms with E-state index in [-0.39, 0.29) is 0 Å². The van der Waals surface area contributed by atoms with Crippen molar-refractivity contribution in [2.45, 2.75) is 13.3 Å².